The first-order valence-corrected chi connectivity index (χ1v) is 20.7. The van der Waals surface area contributed by atoms with Crippen LogP contribution in [0.25, 0.3) is 22.3 Å². The van der Waals surface area contributed by atoms with Crippen molar-refractivity contribution in [2.24, 2.45) is 11.8 Å². The van der Waals surface area contributed by atoms with Crippen LogP contribution in [0.4, 0.5) is 0 Å². The highest BCUT2D eigenvalue weighted by Gasteiger charge is 2.17. The van der Waals surface area contributed by atoms with Crippen molar-refractivity contribution in [2.75, 3.05) is 72.0 Å². The molecule has 0 fully saturated rings. The van der Waals surface area contributed by atoms with Gasteiger partial charge in [0.2, 0.25) is 0 Å². The molecule has 0 saturated heterocycles. The Balaban J connectivity index is 1.46. The first-order chi connectivity index (χ1) is 25.1. The van der Waals surface area contributed by atoms with E-state index in [1.807, 2.05) is 0 Å². The van der Waals surface area contributed by atoms with Gasteiger partial charge in [-0.1, -0.05) is 103 Å². The van der Waals surface area contributed by atoms with Gasteiger partial charge in [0.1, 0.15) is 0 Å². The van der Waals surface area contributed by atoms with Crippen molar-refractivity contribution in [1.82, 2.24) is 31.9 Å². The van der Waals surface area contributed by atoms with Crippen LogP contribution in [0.5, 0.6) is 0 Å². The molecule has 0 aromatic heterocycles. The molecule has 0 heterocycles. The molecule has 0 unspecified atom stereocenters. The molecule has 6 nitrogen and oxygen atoms in total. The van der Waals surface area contributed by atoms with Crippen LogP contribution in [-0.2, 0) is 18.4 Å². The molecule has 0 aliphatic carbocycles. The number of nitrogens with one attached hydrogen (secondary N) is 6. The molecule has 0 spiro atoms. The standard InChI is InChI=1S/C46H76N6/c1-37(2)17-26-48-22-10-20-47-21-12-25-52-36-40-14-9-16-42(32-40)44-33-43(34-45(35-44)46(5,6)7)41-15-8-13-39(31-41)19-28-51-30-29-50-24-11-23-49-27-18-38(3)4/h8-9,13-16,31-35,37-38,47-52H,10-12,17-30,36H2,1-7H3. The summed E-state index contributed by atoms with van der Waals surface area (Å²) in [4.78, 5) is 0. The van der Waals surface area contributed by atoms with Crippen molar-refractivity contribution in [1.29, 1.82) is 0 Å². The van der Waals surface area contributed by atoms with Gasteiger partial charge in [-0.15, -0.1) is 0 Å². The van der Waals surface area contributed by atoms with Crippen molar-refractivity contribution in [3.05, 3.63) is 83.4 Å². The van der Waals surface area contributed by atoms with Crippen molar-refractivity contribution < 1.29 is 0 Å². The molecule has 0 amide bonds. The average Bonchev–Trinajstić information content (AvgIpc) is 3.12. The van der Waals surface area contributed by atoms with E-state index < -0.39 is 0 Å². The van der Waals surface area contributed by atoms with Gasteiger partial charge < -0.3 is 31.9 Å². The van der Waals surface area contributed by atoms with Crippen LogP contribution in [-0.4, -0.2) is 72.0 Å². The molecular weight excluding hydrogens is 637 g/mol. The highest BCUT2D eigenvalue weighted by Crippen LogP contribution is 2.34. The third kappa shape index (κ3) is 19.0. The monoisotopic (exact) mass is 713 g/mol. The van der Waals surface area contributed by atoms with Crippen molar-refractivity contribution in [2.45, 2.75) is 99.0 Å². The molecule has 6 N–H and O–H groups in total. The van der Waals surface area contributed by atoms with E-state index in [2.05, 4.69) is 147 Å². The molecule has 3 aromatic carbocycles. The quantitative estimate of drug-likeness (QED) is 0.0427. The normalized spacial score (nSPS) is 12.0. The Morgan fingerprint density at radius 1 is 0.442 bits per heavy atom. The lowest BCUT2D eigenvalue weighted by molar-refractivity contribution is 0.520. The first-order valence-electron chi connectivity index (χ1n) is 20.7. The van der Waals surface area contributed by atoms with Gasteiger partial charge in [-0.2, -0.15) is 0 Å². The topological polar surface area (TPSA) is 72.2 Å². The predicted molar refractivity (Wildman–Crippen MR) is 229 cm³/mol. The maximum Gasteiger partial charge on any atom is 0.0205 e. The van der Waals surface area contributed by atoms with Crippen molar-refractivity contribution in [3.63, 3.8) is 0 Å². The third-order valence-corrected chi connectivity index (χ3v) is 9.64. The summed E-state index contributed by atoms with van der Waals surface area (Å²) in [5, 5.41) is 21.6. The second-order valence-electron chi connectivity index (χ2n) is 16.6. The number of benzene rings is 3. The summed E-state index contributed by atoms with van der Waals surface area (Å²) in [5.41, 5.74) is 9.30. The lowest BCUT2D eigenvalue weighted by atomic mass is 9.83. The fourth-order valence-corrected chi connectivity index (χ4v) is 6.23. The highest BCUT2D eigenvalue weighted by atomic mass is 14.9. The molecule has 0 aliphatic rings. The molecule has 3 aromatic rings. The van der Waals surface area contributed by atoms with Crippen LogP contribution < -0.4 is 31.9 Å². The molecular formula is C46H76N6. The van der Waals surface area contributed by atoms with E-state index in [4.69, 9.17) is 0 Å². The summed E-state index contributed by atoms with van der Waals surface area (Å²) < 4.78 is 0. The molecule has 6 heteroatoms. The van der Waals surface area contributed by atoms with E-state index in [1.165, 1.54) is 64.6 Å². The second-order valence-corrected chi connectivity index (χ2v) is 16.6. The van der Waals surface area contributed by atoms with E-state index in [0.29, 0.717) is 0 Å². The minimum absolute atomic E-state index is 0.0576. The van der Waals surface area contributed by atoms with Gasteiger partial charge in [0, 0.05) is 19.6 Å². The Labute approximate surface area is 319 Å². The largest absolute Gasteiger partial charge is 0.317 e. The van der Waals surface area contributed by atoms with Gasteiger partial charge in [-0.25, -0.2) is 0 Å². The van der Waals surface area contributed by atoms with Crippen LogP contribution in [0.2, 0.25) is 0 Å². The number of rotatable bonds is 28. The molecule has 52 heavy (non-hydrogen) atoms. The molecule has 0 radical (unpaired) electrons. The van der Waals surface area contributed by atoms with Crippen LogP contribution in [0, 0.1) is 11.8 Å². The highest BCUT2D eigenvalue weighted by molar-refractivity contribution is 5.75. The first kappa shape index (κ1) is 43.8. The minimum Gasteiger partial charge on any atom is -0.317 e. The SMILES string of the molecule is CC(C)CCNCCCNCCCNCc1cccc(-c2cc(-c3cccc(CCNCCNCCCNCCC(C)C)c3)cc(C(C)(C)C)c2)c1. The summed E-state index contributed by atoms with van der Waals surface area (Å²) in [7, 11) is 0. The molecule has 290 valence electrons. The maximum absolute atomic E-state index is 3.67. The third-order valence-electron chi connectivity index (χ3n) is 9.64. The van der Waals surface area contributed by atoms with Crippen LogP contribution in [0.3, 0.4) is 0 Å². The van der Waals surface area contributed by atoms with Gasteiger partial charge in [0.25, 0.3) is 0 Å². The molecule has 0 saturated carbocycles. The molecule has 0 atom stereocenters. The van der Waals surface area contributed by atoms with Gasteiger partial charge in [0.15, 0.2) is 0 Å². The fraction of sp³-hybridized carbons (Fsp3) is 0.609. The van der Waals surface area contributed by atoms with E-state index >= 15 is 0 Å². The number of hydrogen-bond donors (Lipinski definition) is 6. The minimum atomic E-state index is 0.0576. The summed E-state index contributed by atoms with van der Waals surface area (Å²) in [5.74, 6) is 1.55. The predicted octanol–water partition coefficient (Wildman–Crippen LogP) is 8.16. The Bertz CT molecular complexity index is 1270. The lowest BCUT2D eigenvalue weighted by Gasteiger charge is -2.22. The van der Waals surface area contributed by atoms with E-state index in [1.54, 1.807) is 0 Å². The average molecular weight is 713 g/mol. The zero-order valence-electron chi connectivity index (χ0n) is 34.2. The van der Waals surface area contributed by atoms with E-state index in [0.717, 1.165) is 103 Å². The zero-order chi connectivity index (χ0) is 37.4. The maximum atomic E-state index is 3.67. The van der Waals surface area contributed by atoms with Gasteiger partial charge in [0.05, 0.1) is 0 Å². The van der Waals surface area contributed by atoms with Crippen LogP contribution in [0.1, 0.15) is 97.3 Å². The van der Waals surface area contributed by atoms with Gasteiger partial charge in [-0.05, 0) is 166 Å². The summed E-state index contributed by atoms with van der Waals surface area (Å²) >= 11 is 0. The van der Waals surface area contributed by atoms with E-state index in [9.17, 15) is 0 Å². The summed E-state index contributed by atoms with van der Waals surface area (Å²) in [6.07, 6.45) is 7.06. The Morgan fingerprint density at radius 3 is 1.40 bits per heavy atom. The molecule has 3 rings (SSSR count). The smallest absolute Gasteiger partial charge is 0.0205 e. The van der Waals surface area contributed by atoms with Crippen molar-refractivity contribution >= 4 is 0 Å². The summed E-state index contributed by atoms with van der Waals surface area (Å²) in [6.45, 7) is 28.7. The van der Waals surface area contributed by atoms with Crippen LogP contribution >= 0.6 is 0 Å². The zero-order valence-corrected chi connectivity index (χ0v) is 34.2. The Hall–Kier alpha value is -2.58. The van der Waals surface area contributed by atoms with Gasteiger partial charge in [-0.3, -0.25) is 0 Å². The Kier molecular flexibility index (Phi) is 21.4. The van der Waals surface area contributed by atoms with Crippen molar-refractivity contribution in [3.8, 4) is 22.3 Å². The van der Waals surface area contributed by atoms with Gasteiger partial charge >= 0.3 is 0 Å². The Morgan fingerprint density at radius 2 is 0.885 bits per heavy atom. The van der Waals surface area contributed by atoms with Crippen LogP contribution in [0.15, 0.2) is 66.7 Å². The summed E-state index contributed by atoms with van der Waals surface area (Å²) in [6, 6.07) is 25.4. The molecule has 0 aliphatic heterocycles. The molecule has 0 bridgehead atoms. The second kappa shape index (κ2) is 25.4. The lowest BCUT2D eigenvalue weighted by Crippen LogP contribution is -2.30. The fourth-order valence-electron chi connectivity index (χ4n) is 6.23. The number of hydrogen-bond acceptors (Lipinski definition) is 6. The van der Waals surface area contributed by atoms with E-state index in [-0.39, 0.29) is 5.41 Å².